The Morgan fingerprint density at radius 2 is 1.76 bits per heavy atom. The molecule has 21 heavy (non-hydrogen) atoms. The fraction of sp³-hybridized carbons (Fsp3) is 0.250. The van der Waals surface area contributed by atoms with Gasteiger partial charge in [0.1, 0.15) is 0 Å². The predicted molar refractivity (Wildman–Crippen MR) is 78.7 cm³/mol. The third-order valence-corrected chi connectivity index (χ3v) is 3.07. The fourth-order valence-electron chi connectivity index (χ4n) is 1.90. The van der Waals surface area contributed by atoms with Gasteiger partial charge < -0.3 is 14.8 Å². The van der Waals surface area contributed by atoms with Crippen LogP contribution in [0.1, 0.15) is 46.4 Å². The van der Waals surface area contributed by atoms with Gasteiger partial charge in [-0.05, 0) is 42.7 Å². The molecule has 2 aromatic rings. The highest BCUT2D eigenvalue weighted by atomic mass is 16.4. The van der Waals surface area contributed by atoms with E-state index in [1.807, 2.05) is 24.3 Å². The van der Waals surface area contributed by atoms with E-state index in [1.165, 1.54) is 17.7 Å². The standard InChI is InChI=1S/C16H17NO4/c1-2-3-4-11-5-7-12(8-6-11)17-15(18)13-9-10-14(21-13)16(19)20/h5-10H,2-4H2,1H3,(H,17,18)(H,19,20). The van der Waals surface area contributed by atoms with Gasteiger partial charge in [0.15, 0.2) is 5.76 Å². The highest BCUT2D eigenvalue weighted by Crippen LogP contribution is 2.14. The van der Waals surface area contributed by atoms with Gasteiger partial charge in [-0.15, -0.1) is 0 Å². The van der Waals surface area contributed by atoms with Crippen LogP contribution in [-0.4, -0.2) is 17.0 Å². The molecule has 1 aromatic carbocycles. The van der Waals surface area contributed by atoms with E-state index in [0.717, 1.165) is 19.3 Å². The number of carbonyl (C=O) groups excluding carboxylic acids is 1. The van der Waals surface area contributed by atoms with Gasteiger partial charge >= 0.3 is 5.97 Å². The summed E-state index contributed by atoms with van der Waals surface area (Å²) in [5, 5.41) is 11.4. The van der Waals surface area contributed by atoms with Crippen LogP contribution in [-0.2, 0) is 6.42 Å². The molecule has 0 radical (unpaired) electrons. The number of carbonyl (C=O) groups is 2. The number of amides is 1. The molecule has 0 saturated heterocycles. The Hall–Kier alpha value is -2.56. The molecule has 110 valence electrons. The monoisotopic (exact) mass is 287 g/mol. The number of benzene rings is 1. The summed E-state index contributed by atoms with van der Waals surface area (Å²) >= 11 is 0. The molecule has 5 nitrogen and oxygen atoms in total. The lowest BCUT2D eigenvalue weighted by atomic mass is 10.1. The molecule has 5 heteroatoms. The highest BCUT2D eigenvalue weighted by Gasteiger charge is 2.14. The molecule has 0 spiro atoms. The largest absolute Gasteiger partial charge is 0.475 e. The molecule has 1 amide bonds. The Morgan fingerprint density at radius 1 is 1.10 bits per heavy atom. The van der Waals surface area contributed by atoms with Gasteiger partial charge in [-0.2, -0.15) is 0 Å². The summed E-state index contributed by atoms with van der Waals surface area (Å²) in [5.74, 6) is -1.95. The zero-order valence-corrected chi connectivity index (χ0v) is 11.8. The molecule has 2 rings (SSSR count). The van der Waals surface area contributed by atoms with Gasteiger partial charge in [-0.1, -0.05) is 25.5 Å². The second kappa shape index (κ2) is 6.74. The van der Waals surface area contributed by atoms with Crippen molar-refractivity contribution >= 4 is 17.6 Å². The minimum Gasteiger partial charge on any atom is -0.475 e. The number of anilines is 1. The Balaban J connectivity index is 2.00. The zero-order valence-electron chi connectivity index (χ0n) is 11.8. The van der Waals surface area contributed by atoms with E-state index in [9.17, 15) is 9.59 Å². The maximum Gasteiger partial charge on any atom is 0.371 e. The summed E-state index contributed by atoms with van der Waals surface area (Å²) in [5.41, 5.74) is 1.87. The summed E-state index contributed by atoms with van der Waals surface area (Å²) in [6.07, 6.45) is 3.30. The van der Waals surface area contributed by atoms with Crippen LogP contribution in [0.15, 0.2) is 40.8 Å². The Kier molecular flexibility index (Phi) is 4.77. The lowest BCUT2D eigenvalue weighted by Crippen LogP contribution is -2.10. The minimum absolute atomic E-state index is 0.0255. The number of aromatic carboxylic acids is 1. The SMILES string of the molecule is CCCCc1ccc(NC(=O)c2ccc(C(=O)O)o2)cc1. The zero-order chi connectivity index (χ0) is 15.2. The molecule has 0 aliphatic heterocycles. The van der Waals surface area contributed by atoms with Crippen LogP contribution in [0, 0.1) is 0 Å². The fourth-order valence-corrected chi connectivity index (χ4v) is 1.90. The van der Waals surface area contributed by atoms with E-state index in [2.05, 4.69) is 12.2 Å². The molecule has 0 bridgehead atoms. The van der Waals surface area contributed by atoms with Gasteiger partial charge in [0, 0.05) is 5.69 Å². The second-order valence-electron chi connectivity index (χ2n) is 4.72. The lowest BCUT2D eigenvalue weighted by Gasteiger charge is -2.05. The van der Waals surface area contributed by atoms with Crippen molar-refractivity contribution in [3.05, 3.63) is 53.5 Å². The van der Waals surface area contributed by atoms with Gasteiger partial charge in [-0.25, -0.2) is 4.79 Å². The minimum atomic E-state index is -1.20. The Morgan fingerprint density at radius 3 is 2.33 bits per heavy atom. The summed E-state index contributed by atoms with van der Waals surface area (Å²) < 4.78 is 4.94. The number of hydrogen-bond donors (Lipinski definition) is 2. The molecule has 2 N–H and O–H groups in total. The molecular weight excluding hydrogens is 270 g/mol. The van der Waals surface area contributed by atoms with Crippen molar-refractivity contribution in [1.82, 2.24) is 0 Å². The normalized spacial score (nSPS) is 10.3. The first-order valence-electron chi connectivity index (χ1n) is 6.83. The van der Waals surface area contributed by atoms with Crippen LogP contribution >= 0.6 is 0 Å². The lowest BCUT2D eigenvalue weighted by molar-refractivity contribution is 0.0660. The predicted octanol–water partition coefficient (Wildman–Crippen LogP) is 3.57. The van der Waals surface area contributed by atoms with Crippen molar-refractivity contribution < 1.29 is 19.1 Å². The Labute approximate surface area is 122 Å². The van der Waals surface area contributed by atoms with E-state index in [-0.39, 0.29) is 11.5 Å². The number of furan rings is 1. The third-order valence-electron chi connectivity index (χ3n) is 3.07. The average Bonchev–Trinajstić information content (AvgIpc) is 2.97. The van der Waals surface area contributed by atoms with Crippen molar-refractivity contribution in [2.24, 2.45) is 0 Å². The number of hydrogen-bond acceptors (Lipinski definition) is 3. The maximum absolute atomic E-state index is 11.9. The maximum atomic E-state index is 11.9. The van der Waals surface area contributed by atoms with Crippen LogP contribution in [0.5, 0.6) is 0 Å². The van der Waals surface area contributed by atoms with Crippen molar-refractivity contribution in [3.8, 4) is 0 Å². The molecule has 0 fully saturated rings. The van der Waals surface area contributed by atoms with Crippen molar-refractivity contribution in [3.63, 3.8) is 0 Å². The van der Waals surface area contributed by atoms with Crippen LogP contribution in [0.2, 0.25) is 0 Å². The van der Waals surface area contributed by atoms with Crippen LogP contribution < -0.4 is 5.32 Å². The molecule has 0 atom stereocenters. The number of carboxylic acids is 1. The summed E-state index contributed by atoms with van der Waals surface area (Å²) in [4.78, 5) is 22.6. The molecule has 0 aliphatic carbocycles. The van der Waals surface area contributed by atoms with Crippen molar-refractivity contribution in [1.29, 1.82) is 0 Å². The molecule has 0 saturated carbocycles. The number of unbranched alkanes of at least 4 members (excludes halogenated alkanes) is 1. The number of carboxylic acid groups (broad SMARTS) is 1. The molecule has 0 aliphatic rings. The van der Waals surface area contributed by atoms with Gasteiger partial charge in [0.05, 0.1) is 0 Å². The van der Waals surface area contributed by atoms with E-state index in [4.69, 9.17) is 9.52 Å². The number of rotatable bonds is 6. The third kappa shape index (κ3) is 3.95. The highest BCUT2D eigenvalue weighted by molar-refractivity contribution is 6.02. The van der Waals surface area contributed by atoms with Crippen LogP contribution in [0.3, 0.4) is 0 Å². The molecule has 0 unspecified atom stereocenters. The first kappa shape index (κ1) is 14.8. The van der Waals surface area contributed by atoms with Gasteiger partial charge in [0.25, 0.3) is 5.91 Å². The van der Waals surface area contributed by atoms with Crippen LogP contribution in [0.25, 0.3) is 0 Å². The van der Waals surface area contributed by atoms with Gasteiger partial charge in [0.2, 0.25) is 5.76 Å². The van der Waals surface area contributed by atoms with E-state index < -0.39 is 11.9 Å². The molecule has 1 aromatic heterocycles. The van der Waals surface area contributed by atoms with Gasteiger partial charge in [-0.3, -0.25) is 4.79 Å². The van der Waals surface area contributed by atoms with Crippen LogP contribution in [0.4, 0.5) is 5.69 Å². The first-order valence-corrected chi connectivity index (χ1v) is 6.83. The number of aryl methyl sites for hydroxylation is 1. The summed E-state index contributed by atoms with van der Waals surface area (Å²) in [7, 11) is 0. The summed E-state index contributed by atoms with van der Waals surface area (Å²) in [6, 6.07) is 10.2. The topological polar surface area (TPSA) is 79.5 Å². The molecule has 1 heterocycles. The second-order valence-corrected chi connectivity index (χ2v) is 4.72. The summed E-state index contributed by atoms with van der Waals surface area (Å²) in [6.45, 7) is 2.14. The Bertz CT molecular complexity index is 628. The van der Waals surface area contributed by atoms with Crippen molar-refractivity contribution in [2.75, 3.05) is 5.32 Å². The smallest absolute Gasteiger partial charge is 0.371 e. The first-order chi connectivity index (χ1) is 10.1. The quantitative estimate of drug-likeness (QED) is 0.851. The van der Waals surface area contributed by atoms with E-state index in [0.29, 0.717) is 5.69 Å². The molecular formula is C16H17NO4. The number of nitrogens with one attached hydrogen (secondary N) is 1. The van der Waals surface area contributed by atoms with E-state index in [1.54, 1.807) is 0 Å². The van der Waals surface area contributed by atoms with E-state index >= 15 is 0 Å². The average molecular weight is 287 g/mol. The van der Waals surface area contributed by atoms with Crippen molar-refractivity contribution in [2.45, 2.75) is 26.2 Å².